The fourth-order valence-electron chi connectivity index (χ4n) is 3.26. The molecule has 1 unspecified atom stereocenters. The van der Waals surface area contributed by atoms with Crippen molar-refractivity contribution in [3.8, 4) is 11.5 Å². The van der Waals surface area contributed by atoms with Crippen LogP contribution in [0.1, 0.15) is 24.6 Å². The molecular formula is C19H25FN4O2. The average Bonchev–Trinajstić information content (AvgIpc) is 3.09. The molecule has 6 nitrogen and oxygen atoms in total. The summed E-state index contributed by atoms with van der Waals surface area (Å²) in [6, 6.07) is 6.06. The highest BCUT2D eigenvalue weighted by Gasteiger charge is 2.24. The van der Waals surface area contributed by atoms with Crippen molar-refractivity contribution in [2.24, 2.45) is 0 Å². The van der Waals surface area contributed by atoms with E-state index in [0.717, 1.165) is 43.1 Å². The average molecular weight is 360 g/mol. The van der Waals surface area contributed by atoms with Crippen molar-refractivity contribution in [3.05, 3.63) is 41.6 Å². The quantitative estimate of drug-likeness (QED) is 0.819. The van der Waals surface area contributed by atoms with Crippen molar-refractivity contribution in [3.63, 3.8) is 0 Å². The first-order valence-electron chi connectivity index (χ1n) is 8.83. The third-order valence-electron chi connectivity index (χ3n) is 4.63. The first-order chi connectivity index (χ1) is 12.6. The number of benzene rings is 1. The topological polar surface area (TPSA) is 59.5 Å². The zero-order valence-electron chi connectivity index (χ0n) is 15.5. The van der Waals surface area contributed by atoms with Crippen LogP contribution < -0.4 is 14.8 Å². The predicted octanol–water partition coefficient (Wildman–Crippen LogP) is 2.88. The minimum Gasteiger partial charge on any atom is -0.497 e. The Morgan fingerprint density at radius 2 is 1.92 bits per heavy atom. The summed E-state index contributed by atoms with van der Waals surface area (Å²) in [5.74, 6) is 1.52. The van der Waals surface area contributed by atoms with Gasteiger partial charge in [0.25, 0.3) is 0 Å². The summed E-state index contributed by atoms with van der Waals surface area (Å²) in [4.78, 5) is 10.4. The number of anilines is 1. The molecule has 0 bridgehead atoms. The van der Waals surface area contributed by atoms with Crippen LogP contribution in [0.25, 0.3) is 0 Å². The summed E-state index contributed by atoms with van der Waals surface area (Å²) >= 11 is 0. The molecule has 1 aromatic carbocycles. The van der Waals surface area contributed by atoms with E-state index in [-0.39, 0.29) is 11.9 Å². The SMILES string of the molecule is CCc1ncnc(NC2CCN(Cc3cc(OC)cc(OC)c3)C2)c1F. The summed E-state index contributed by atoms with van der Waals surface area (Å²) in [6.07, 6.45) is 2.91. The number of nitrogens with one attached hydrogen (secondary N) is 1. The van der Waals surface area contributed by atoms with Gasteiger partial charge in [-0.05, 0) is 30.5 Å². The first-order valence-corrected chi connectivity index (χ1v) is 8.83. The summed E-state index contributed by atoms with van der Waals surface area (Å²) in [6.45, 7) is 4.43. The van der Waals surface area contributed by atoms with Gasteiger partial charge in [0, 0.05) is 31.7 Å². The molecule has 1 aliphatic heterocycles. The van der Waals surface area contributed by atoms with Crippen LogP contribution in [-0.2, 0) is 13.0 Å². The second kappa shape index (κ2) is 8.31. The molecule has 1 aliphatic rings. The van der Waals surface area contributed by atoms with Crippen LogP contribution in [0, 0.1) is 5.82 Å². The lowest BCUT2D eigenvalue weighted by Gasteiger charge is -2.18. The summed E-state index contributed by atoms with van der Waals surface area (Å²) in [5.41, 5.74) is 1.57. The van der Waals surface area contributed by atoms with Crippen LogP contribution in [0.15, 0.2) is 24.5 Å². The van der Waals surface area contributed by atoms with Crippen molar-refractivity contribution < 1.29 is 13.9 Å². The van der Waals surface area contributed by atoms with Gasteiger partial charge in [-0.25, -0.2) is 14.4 Å². The number of aromatic nitrogens is 2. The van der Waals surface area contributed by atoms with Crippen molar-refractivity contribution in [2.75, 3.05) is 32.6 Å². The van der Waals surface area contributed by atoms with Gasteiger partial charge < -0.3 is 14.8 Å². The van der Waals surface area contributed by atoms with E-state index in [1.807, 2.05) is 25.1 Å². The maximum Gasteiger partial charge on any atom is 0.186 e. The molecule has 0 saturated carbocycles. The standard InChI is InChI=1S/C19H25FN4O2/c1-4-17-18(20)19(22-12-21-17)23-14-5-6-24(11-14)10-13-7-15(25-2)9-16(8-13)26-3/h7-9,12,14H,4-6,10-11H2,1-3H3,(H,21,22,23). The zero-order valence-corrected chi connectivity index (χ0v) is 15.5. The van der Waals surface area contributed by atoms with Gasteiger partial charge in [0.05, 0.1) is 19.9 Å². The van der Waals surface area contributed by atoms with Crippen molar-refractivity contribution in [1.82, 2.24) is 14.9 Å². The van der Waals surface area contributed by atoms with E-state index < -0.39 is 0 Å². The molecule has 0 amide bonds. The monoisotopic (exact) mass is 360 g/mol. The van der Waals surface area contributed by atoms with Gasteiger partial charge in [-0.1, -0.05) is 6.92 Å². The summed E-state index contributed by atoms with van der Waals surface area (Å²) in [7, 11) is 3.30. The van der Waals surface area contributed by atoms with Crippen LogP contribution in [0.2, 0.25) is 0 Å². The molecule has 0 radical (unpaired) electrons. The molecule has 26 heavy (non-hydrogen) atoms. The molecule has 2 aromatic rings. The molecule has 3 rings (SSSR count). The Balaban J connectivity index is 1.63. The van der Waals surface area contributed by atoms with Crippen LogP contribution >= 0.6 is 0 Å². The van der Waals surface area contributed by atoms with Gasteiger partial charge in [-0.15, -0.1) is 0 Å². The number of aryl methyl sites for hydroxylation is 1. The third-order valence-corrected chi connectivity index (χ3v) is 4.63. The van der Waals surface area contributed by atoms with Crippen LogP contribution in [0.3, 0.4) is 0 Å². The van der Waals surface area contributed by atoms with Crippen LogP contribution in [-0.4, -0.2) is 48.2 Å². The number of methoxy groups -OCH3 is 2. The van der Waals surface area contributed by atoms with Gasteiger partial charge >= 0.3 is 0 Å². The molecular weight excluding hydrogens is 335 g/mol. The summed E-state index contributed by atoms with van der Waals surface area (Å²) in [5, 5.41) is 3.23. The van der Waals surface area contributed by atoms with Crippen molar-refractivity contribution in [1.29, 1.82) is 0 Å². The minimum absolute atomic E-state index is 0.164. The highest BCUT2D eigenvalue weighted by molar-refractivity contribution is 5.40. The number of nitrogens with zero attached hydrogens (tertiary/aromatic N) is 3. The molecule has 1 saturated heterocycles. The lowest BCUT2D eigenvalue weighted by molar-refractivity contribution is 0.326. The van der Waals surface area contributed by atoms with Gasteiger partial charge in [-0.3, -0.25) is 4.90 Å². The molecule has 7 heteroatoms. The normalized spacial score (nSPS) is 17.3. The van der Waals surface area contributed by atoms with Crippen molar-refractivity contribution in [2.45, 2.75) is 32.4 Å². The Labute approximate surface area is 153 Å². The number of ether oxygens (including phenoxy) is 2. The van der Waals surface area contributed by atoms with Crippen LogP contribution in [0.5, 0.6) is 11.5 Å². The summed E-state index contributed by atoms with van der Waals surface area (Å²) < 4.78 is 25.0. The molecule has 1 atom stereocenters. The number of hydrogen-bond donors (Lipinski definition) is 1. The Kier molecular flexibility index (Phi) is 5.88. The highest BCUT2D eigenvalue weighted by atomic mass is 19.1. The van der Waals surface area contributed by atoms with Gasteiger partial charge in [0.1, 0.15) is 17.8 Å². The maximum atomic E-state index is 14.3. The van der Waals surface area contributed by atoms with E-state index in [9.17, 15) is 4.39 Å². The van der Waals surface area contributed by atoms with Gasteiger partial charge in [-0.2, -0.15) is 0 Å². The largest absolute Gasteiger partial charge is 0.497 e. The third kappa shape index (κ3) is 4.22. The lowest BCUT2D eigenvalue weighted by atomic mass is 10.2. The Morgan fingerprint density at radius 3 is 2.58 bits per heavy atom. The zero-order chi connectivity index (χ0) is 18.5. The van der Waals surface area contributed by atoms with E-state index in [1.54, 1.807) is 14.2 Å². The number of rotatable bonds is 7. The molecule has 140 valence electrons. The molecule has 1 aromatic heterocycles. The number of halogens is 1. The molecule has 1 N–H and O–H groups in total. The smallest absolute Gasteiger partial charge is 0.186 e. The Morgan fingerprint density at radius 1 is 1.19 bits per heavy atom. The van der Waals surface area contributed by atoms with Gasteiger partial charge in [0.15, 0.2) is 11.6 Å². The minimum atomic E-state index is -0.342. The predicted molar refractivity (Wildman–Crippen MR) is 98.2 cm³/mol. The Hall–Kier alpha value is -2.41. The van der Waals surface area contributed by atoms with E-state index >= 15 is 0 Å². The van der Waals surface area contributed by atoms with E-state index in [2.05, 4.69) is 20.2 Å². The molecule has 2 heterocycles. The number of likely N-dealkylation sites (tertiary alicyclic amines) is 1. The van der Waals surface area contributed by atoms with Crippen LogP contribution in [0.4, 0.5) is 10.2 Å². The lowest BCUT2D eigenvalue weighted by Crippen LogP contribution is -2.27. The number of hydrogen-bond acceptors (Lipinski definition) is 6. The van der Waals surface area contributed by atoms with E-state index in [1.165, 1.54) is 6.33 Å². The molecule has 0 spiro atoms. The fraction of sp³-hybridized carbons (Fsp3) is 0.474. The Bertz CT molecular complexity index is 734. The van der Waals surface area contributed by atoms with E-state index in [4.69, 9.17) is 9.47 Å². The van der Waals surface area contributed by atoms with Crippen molar-refractivity contribution >= 4 is 5.82 Å². The first kappa shape index (κ1) is 18.4. The fourth-order valence-corrected chi connectivity index (χ4v) is 3.26. The van der Waals surface area contributed by atoms with E-state index in [0.29, 0.717) is 17.9 Å². The maximum absolute atomic E-state index is 14.3. The molecule has 0 aliphatic carbocycles. The highest BCUT2D eigenvalue weighted by Crippen LogP contribution is 2.25. The second-order valence-electron chi connectivity index (χ2n) is 6.42. The van der Waals surface area contributed by atoms with Gasteiger partial charge in [0.2, 0.25) is 0 Å². The second-order valence-corrected chi connectivity index (χ2v) is 6.42. The molecule has 1 fully saturated rings.